The summed E-state index contributed by atoms with van der Waals surface area (Å²) in [6.07, 6.45) is 13.4. The molecule has 0 saturated carbocycles. The molecule has 1 fully saturated rings. The molecule has 44 heavy (non-hydrogen) atoms. The minimum absolute atomic E-state index is 0.0192. The average Bonchev–Trinajstić information content (AvgIpc) is 3.60. The minimum Gasteiger partial charge on any atom is -0.383 e. The van der Waals surface area contributed by atoms with Gasteiger partial charge in [0.1, 0.15) is 12.2 Å². The fourth-order valence-electron chi connectivity index (χ4n) is 6.01. The topological polar surface area (TPSA) is 139 Å². The molecule has 1 aromatic carbocycles. The Labute approximate surface area is 265 Å². The van der Waals surface area contributed by atoms with Crippen LogP contribution in [0.4, 0.5) is 0 Å². The summed E-state index contributed by atoms with van der Waals surface area (Å²) in [5.41, 5.74) is 18.9. The molecule has 3 atom stereocenters. The monoisotopic (exact) mass is 612 g/mol. The highest BCUT2D eigenvalue weighted by molar-refractivity contribution is 8.02. The summed E-state index contributed by atoms with van der Waals surface area (Å²) in [6.45, 7) is 8.44. The van der Waals surface area contributed by atoms with Crippen molar-refractivity contribution in [2.24, 2.45) is 22.4 Å². The normalized spacial score (nSPS) is 18.7. The molecule has 3 heterocycles. The van der Waals surface area contributed by atoms with Gasteiger partial charge in [-0.3, -0.25) is 15.2 Å². The van der Waals surface area contributed by atoms with Crippen LogP contribution in [0.15, 0.2) is 76.4 Å². The number of hydrogen-bond donors (Lipinski definition) is 3. The highest BCUT2D eigenvalue weighted by atomic mass is 32.2. The molecule has 2 aromatic heterocycles. The number of hydrogen-bond acceptors (Lipinski definition) is 6. The third-order valence-electron chi connectivity index (χ3n) is 8.33. The number of thioether (sulfide) groups is 1. The maximum Gasteiger partial charge on any atom is 0.289 e. The number of rotatable bonds is 11. The number of likely N-dealkylation sites (tertiary alicyclic amines) is 1. The van der Waals surface area contributed by atoms with E-state index in [9.17, 15) is 4.79 Å². The summed E-state index contributed by atoms with van der Waals surface area (Å²) in [4.78, 5) is 24.4. The molecule has 5 N–H and O–H groups in total. The van der Waals surface area contributed by atoms with Gasteiger partial charge < -0.3 is 16.4 Å². The van der Waals surface area contributed by atoms with Crippen LogP contribution >= 0.6 is 11.8 Å². The standard InChI is InChI=1S/C34H44N8OS/c1-6-7-13-28(22(2)18-27-16-14-23(3)41(27)34(43)32(36)39-21-35)31(44-5)33(37)42-24(4)29(20-40-42)26-15-17-30(38-19-26)25-11-9-8-10-12-25/h8-13,15,17,19-23,27H,6-7,14,16,18,37H2,1-5H3,(H3,35,36,39)/b28-13+,33-31+. The Morgan fingerprint density at radius 3 is 2.55 bits per heavy atom. The lowest BCUT2D eigenvalue weighted by molar-refractivity contribution is -0.126. The fourth-order valence-corrected chi connectivity index (χ4v) is 6.83. The Kier molecular flexibility index (Phi) is 11.2. The number of aliphatic imine (C=N–C) groups is 1. The molecule has 1 aliphatic heterocycles. The predicted octanol–water partition coefficient (Wildman–Crippen LogP) is 6.46. The van der Waals surface area contributed by atoms with Crippen LogP contribution in [-0.2, 0) is 4.79 Å². The molecular weight excluding hydrogens is 568 g/mol. The molecule has 9 nitrogen and oxygen atoms in total. The second-order valence-corrected chi connectivity index (χ2v) is 12.1. The number of amides is 1. The van der Waals surface area contributed by atoms with Crippen LogP contribution in [0.2, 0.25) is 0 Å². The van der Waals surface area contributed by atoms with E-state index >= 15 is 0 Å². The van der Waals surface area contributed by atoms with E-state index < -0.39 is 0 Å². The Bertz CT molecular complexity index is 1540. The lowest BCUT2D eigenvalue weighted by Crippen LogP contribution is -2.47. The summed E-state index contributed by atoms with van der Waals surface area (Å²) in [7, 11) is 0. The Balaban J connectivity index is 1.63. The number of benzene rings is 1. The number of allylic oxidation sites excluding steroid dienone is 2. The van der Waals surface area contributed by atoms with E-state index in [1.54, 1.807) is 11.8 Å². The first kappa shape index (κ1) is 32.7. The quantitative estimate of drug-likeness (QED) is 0.129. The van der Waals surface area contributed by atoms with Crippen LogP contribution < -0.4 is 11.5 Å². The van der Waals surface area contributed by atoms with Crippen molar-refractivity contribution in [3.63, 3.8) is 0 Å². The van der Waals surface area contributed by atoms with Crippen molar-refractivity contribution < 1.29 is 4.79 Å². The third kappa shape index (κ3) is 7.13. The van der Waals surface area contributed by atoms with E-state index in [0.29, 0.717) is 5.82 Å². The smallest absolute Gasteiger partial charge is 0.289 e. The van der Waals surface area contributed by atoms with Gasteiger partial charge in [-0.15, -0.1) is 11.8 Å². The van der Waals surface area contributed by atoms with Crippen LogP contribution in [-0.4, -0.2) is 56.1 Å². The Morgan fingerprint density at radius 1 is 1.16 bits per heavy atom. The molecule has 3 unspecified atom stereocenters. The lowest BCUT2D eigenvalue weighted by atomic mass is 9.91. The number of nitrogens with one attached hydrogen (secondary N) is 1. The Morgan fingerprint density at radius 2 is 1.91 bits per heavy atom. The fraction of sp³-hybridized carbons (Fsp3) is 0.382. The van der Waals surface area contributed by atoms with Gasteiger partial charge in [0.2, 0.25) is 0 Å². The van der Waals surface area contributed by atoms with Gasteiger partial charge in [0.05, 0.1) is 22.5 Å². The summed E-state index contributed by atoms with van der Waals surface area (Å²) in [5, 5.41) is 11.9. The first-order chi connectivity index (χ1) is 21.2. The molecule has 0 spiro atoms. The maximum absolute atomic E-state index is 13.1. The van der Waals surface area contributed by atoms with Gasteiger partial charge in [-0.25, -0.2) is 9.67 Å². The van der Waals surface area contributed by atoms with Crippen LogP contribution in [0.3, 0.4) is 0 Å². The van der Waals surface area contributed by atoms with Crippen molar-refractivity contribution >= 4 is 35.7 Å². The zero-order chi connectivity index (χ0) is 31.8. The summed E-state index contributed by atoms with van der Waals surface area (Å²) < 4.78 is 1.82. The lowest BCUT2D eigenvalue weighted by Gasteiger charge is -2.31. The molecule has 1 amide bonds. The van der Waals surface area contributed by atoms with E-state index in [1.807, 2.05) is 66.3 Å². The van der Waals surface area contributed by atoms with Crippen molar-refractivity contribution in [2.45, 2.75) is 71.9 Å². The summed E-state index contributed by atoms with van der Waals surface area (Å²) in [5.74, 6) is 0.261. The number of pyridine rings is 1. The molecule has 3 aromatic rings. The third-order valence-corrected chi connectivity index (χ3v) is 9.19. The highest BCUT2D eigenvalue weighted by Crippen LogP contribution is 2.38. The molecule has 0 radical (unpaired) electrons. The van der Waals surface area contributed by atoms with Gasteiger partial charge in [-0.2, -0.15) is 5.10 Å². The number of amidine groups is 1. The summed E-state index contributed by atoms with van der Waals surface area (Å²) >= 11 is 1.62. The van der Waals surface area contributed by atoms with Gasteiger partial charge in [0, 0.05) is 35.0 Å². The van der Waals surface area contributed by atoms with Crippen LogP contribution in [0.25, 0.3) is 28.2 Å². The first-order valence-electron chi connectivity index (χ1n) is 15.2. The summed E-state index contributed by atoms with van der Waals surface area (Å²) in [6, 6.07) is 14.3. The van der Waals surface area contributed by atoms with Crippen molar-refractivity contribution in [3.05, 3.63) is 77.1 Å². The number of nitrogens with two attached hydrogens (primary N) is 2. The number of carbonyl (C=O) groups excluding carboxylic acids is 1. The molecular formula is C34H44N8OS. The van der Waals surface area contributed by atoms with Crippen molar-refractivity contribution in [1.82, 2.24) is 19.7 Å². The minimum atomic E-state index is -0.305. The van der Waals surface area contributed by atoms with Crippen molar-refractivity contribution in [2.75, 3.05) is 6.26 Å². The Hall–Kier alpha value is -4.18. The zero-order valence-corrected chi connectivity index (χ0v) is 27.1. The van der Waals surface area contributed by atoms with Crippen molar-refractivity contribution in [3.8, 4) is 22.4 Å². The zero-order valence-electron chi connectivity index (χ0n) is 26.3. The van der Waals surface area contributed by atoms with Crippen LogP contribution in [0.1, 0.15) is 58.6 Å². The molecule has 4 rings (SSSR count). The number of unbranched alkanes of at least 4 members (excludes halogenated alkanes) is 1. The number of carbonyl (C=O) groups is 1. The predicted molar refractivity (Wildman–Crippen MR) is 183 cm³/mol. The molecule has 1 saturated heterocycles. The van der Waals surface area contributed by atoms with Crippen LogP contribution in [0.5, 0.6) is 0 Å². The molecule has 1 aliphatic rings. The first-order valence-corrected chi connectivity index (χ1v) is 16.4. The second kappa shape index (κ2) is 15.0. The molecule has 0 bridgehead atoms. The molecule has 0 aliphatic carbocycles. The molecule has 10 heteroatoms. The van der Waals surface area contributed by atoms with Gasteiger partial charge in [0.25, 0.3) is 5.91 Å². The van der Waals surface area contributed by atoms with E-state index in [1.165, 1.54) is 0 Å². The van der Waals surface area contributed by atoms with Gasteiger partial charge in [-0.1, -0.05) is 62.7 Å². The van der Waals surface area contributed by atoms with Crippen molar-refractivity contribution in [1.29, 1.82) is 5.41 Å². The maximum atomic E-state index is 13.1. The molecule has 232 valence electrons. The largest absolute Gasteiger partial charge is 0.383 e. The highest BCUT2D eigenvalue weighted by Gasteiger charge is 2.37. The van der Waals surface area contributed by atoms with E-state index in [-0.39, 0.29) is 29.7 Å². The number of nitrogens with zero attached hydrogens (tertiary/aromatic N) is 5. The number of aromatic nitrogens is 3. The van der Waals surface area contributed by atoms with Gasteiger partial charge in [0.15, 0.2) is 5.84 Å². The van der Waals surface area contributed by atoms with E-state index in [4.69, 9.17) is 27.0 Å². The second-order valence-electron chi connectivity index (χ2n) is 11.3. The SMILES string of the molecule is CCC/C=C(/C(SC)=C(/N)n1ncc(-c2ccc(-c3ccccc3)nc2)c1C)C(C)CC1CCC(C)N1C(=O)C(N)=NC=N. The van der Waals surface area contributed by atoms with Crippen LogP contribution in [0, 0.1) is 18.3 Å². The van der Waals surface area contributed by atoms with Gasteiger partial charge in [-0.05, 0) is 63.3 Å². The van der Waals surface area contributed by atoms with Gasteiger partial charge >= 0.3 is 0 Å². The van der Waals surface area contributed by atoms with E-state index in [2.05, 4.69) is 43.1 Å². The average molecular weight is 613 g/mol. The van der Waals surface area contributed by atoms with E-state index in [0.717, 1.165) is 77.0 Å².